The zero-order chi connectivity index (χ0) is 20.2. The Bertz CT molecular complexity index is 931. The zero-order valence-electron chi connectivity index (χ0n) is 17.5. The van der Waals surface area contributed by atoms with Gasteiger partial charge in [-0.2, -0.15) is 4.98 Å². The Morgan fingerprint density at radius 2 is 1.66 bits per heavy atom. The molecule has 0 aliphatic carbocycles. The van der Waals surface area contributed by atoms with Crippen molar-refractivity contribution in [2.45, 2.75) is 26.7 Å². The van der Waals surface area contributed by atoms with Crippen molar-refractivity contribution in [3.8, 4) is 0 Å². The van der Waals surface area contributed by atoms with Gasteiger partial charge in [-0.05, 0) is 62.1 Å². The Morgan fingerprint density at radius 3 is 2.34 bits per heavy atom. The van der Waals surface area contributed by atoms with Crippen LogP contribution in [0.15, 0.2) is 60.7 Å². The van der Waals surface area contributed by atoms with Gasteiger partial charge in [0.15, 0.2) is 0 Å². The minimum atomic E-state index is 0.613. The molecule has 1 aliphatic heterocycles. The first-order valence-corrected chi connectivity index (χ1v) is 10.3. The summed E-state index contributed by atoms with van der Waals surface area (Å²) >= 11 is 0. The fraction of sp³-hybridized carbons (Fsp3) is 0.333. The van der Waals surface area contributed by atoms with Gasteiger partial charge in [-0.3, -0.25) is 0 Å². The summed E-state index contributed by atoms with van der Waals surface area (Å²) < 4.78 is 0. The normalized spacial score (nSPS) is 14.7. The maximum absolute atomic E-state index is 4.72. The summed E-state index contributed by atoms with van der Waals surface area (Å²) in [5.74, 6) is 2.32. The third-order valence-corrected chi connectivity index (χ3v) is 5.60. The van der Waals surface area contributed by atoms with E-state index in [4.69, 9.17) is 4.98 Å². The lowest BCUT2D eigenvalue weighted by Gasteiger charge is -2.32. The van der Waals surface area contributed by atoms with Gasteiger partial charge in [0.1, 0.15) is 5.82 Å². The van der Waals surface area contributed by atoms with Gasteiger partial charge >= 0.3 is 0 Å². The number of piperidine rings is 1. The van der Waals surface area contributed by atoms with Gasteiger partial charge in [-0.1, -0.05) is 25.1 Å². The monoisotopic (exact) mass is 387 g/mol. The Hall–Kier alpha value is -3.08. The molecule has 5 nitrogen and oxygen atoms in total. The molecule has 0 amide bonds. The van der Waals surface area contributed by atoms with Crippen molar-refractivity contribution < 1.29 is 0 Å². The average Bonchev–Trinajstić information content (AvgIpc) is 2.75. The first-order valence-electron chi connectivity index (χ1n) is 10.3. The topological polar surface area (TPSA) is 44.3 Å². The summed E-state index contributed by atoms with van der Waals surface area (Å²) in [6.07, 6.45) is 2.55. The predicted octanol–water partition coefficient (Wildman–Crippen LogP) is 5.53. The molecule has 5 heteroatoms. The van der Waals surface area contributed by atoms with Gasteiger partial charge in [-0.15, -0.1) is 0 Å². The molecule has 29 heavy (non-hydrogen) atoms. The second-order valence-electron chi connectivity index (χ2n) is 7.93. The maximum atomic E-state index is 4.72. The number of aromatic nitrogens is 2. The van der Waals surface area contributed by atoms with Gasteiger partial charge in [0, 0.05) is 49.0 Å². The highest BCUT2D eigenvalue weighted by Gasteiger charge is 2.16. The molecule has 1 saturated heterocycles. The summed E-state index contributed by atoms with van der Waals surface area (Å²) in [5.41, 5.74) is 4.31. The molecule has 150 valence electrons. The summed E-state index contributed by atoms with van der Waals surface area (Å²) in [7, 11) is 2.02. The first-order chi connectivity index (χ1) is 14.1. The molecule has 0 saturated carbocycles. The van der Waals surface area contributed by atoms with Gasteiger partial charge in [0.25, 0.3) is 0 Å². The van der Waals surface area contributed by atoms with Crippen LogP contribution in [0, 0.1) is 12.8 Å². The third kappa shape index (κ3) is 4.67. The van der Waals surface area contributed by atoms with E-state index in [9.17, 15) is 0 Å². The van der Waals surface area contributed by atoms with E-state index in [0.717, 1.165) is 41.9 Å². The van der Waals surface area contributed by atoms with E-state index in [1.54, 1.807) is 0 Å². The second-order valence-corrected chi connectivity index (χ2v) is 7.93. The van der Waals surface area contributed by atoms with E-state index in [2.05, 4.69) is 63.4 Å². The van der Waals surface area contributed by atoms with Crippen molar-refractivity contribution in [3.63, 3.8) is 0 Å². The molecular formula is C24H29N5. The fourth-order valence-corrected chi connectivity index (χ4v) is 3.71. The number of para-hydroxylation sites is 1. The van der Waals surface area contributed by atoms with E-state index >= 15 is 0 Å². The van der Waals surface area contributed by atoms with Gasteiger partial charge in [0.05, 0.1) is 0 Å². The number of hydrogen-bond acceptors (Lipinski definition) is 5. The van der Waals surface area contributed by atoms with E-state index in [-0.39, 0.29) is 0 Å². The molecular weight excluding hydrogens is 358 g/mol. The number of hydrogen-bond donors (Lipinski definition) is 1. The second kappa shape index (κ2) is 8.52. The highest BCUT2D eigenvalue weighted by molar-refractivity contribution is 5.63. The van der Waals surface area contributed by atoms with E-state index in [1.165, 1.54) is 18.5 Å². The largest absolute Gasteiger partial charge is 0.372 e. The molecule has 2 heterocycles. The molecule has 0 atom stereocenters. The highest BCUT2D eigenvalue weighted by Crippen LogP contribution is 2.26. The molecule has 1 fully saturated rings. The summed E-state index contributed by atoms with van der Waals surface area (Å²) in [6.45, 7) is 6.62. The van der Waals surface area contributed by atoms with Crippen LogP contribution in [-0.2, 0) is 0 Å². The molecule has 0 radical (unpaired) electrons. The minimum Gasteiger partial charge on any atom is -0.372 e. The van der Waals surface area contributed by atoms with Crippen molar-refractivity contribution in [2.75, 3.05) is 35.3 Å². The molecule has 0 spiro atoms. The van der Waals surface area contributed by atoms with E-state index in [1.807, 2.05) is 38.2 Å². The van der Waals surface area contributed by atoms with E-state index < -0.39 is 0 Å². The SMILES string of the molecule is Cc1cc(N(C)c2ccccc2)nc(Nc2ccc(N3CCC(C)CC3)cc2)n1. The molecule has 1 aromatic heterocycles. The van der Waals surface area contributed by atoms with Crippen LogP contribution in [0.1, 0.15) is 25.5 Å². The Morgan fingerprint density at radius 1 is 0.966 bits per heavy atom. The molecule has 1 N–H and O–H groups in total. The zero-order valence-corrected chi connectivity index (χ0v) is 17.5. The molecule has 0 unspecified atom stereocenters. The first kappa shape index (κ1) is 19.2. The van der Waals surface area contributed by atoms with E-state index in [0.29, 0.717) is 5.95 Å². The lowest BCUT2D eigenvalue weighted by molar-refractivity contribution is 0.438. The lowest BCUT2D eigenvalue weighted by Crippen LogP contribution is -2.32. The fourth-order valence-electron chi connectivity index (χ4n) is 3.71. The van der Waals surface area contributed by atoms with Crippen molar-refractivity contribution in [1.29, 1.82) is 0 Å². The number of nitrogens with one attached hydrogen (secondary N) is 1. The van der Waals surface area contributed by atoms with Gasteiger partial charge in [-0.25, -0.2) is 4.98 Å². The average molecular weight is 388 g/mol. The van der Waals surface area contributed by atoms with Crippen LogP contribution < -0.4 is 15.1 Å². The van der Waals surface area contributed by atoms with Crippen LogP contribution >= 0.6 is 0 Å². The number of aryl methyl sites for hydroxylation is 1. The molecule has 3 aromatic rings. The molecule has 1 aliphatic rings. The molecule has 4 rings (SSSR count). The van der Waals surface area contributed by atoms with Crippen molar-refractivity contribution >= 4 is 28.8 Å². The van der Waals surface area contributed by atoms with Crippen LogP contribution in [0.3, 0.4) is 0 Å². The lowest BCUT2D eigenvalue weighted by atomic mass is 9.99. The Balaban J connectivity index is 1.48. The van der Waals surface area contributed by atoms with Gasteiger partial charge in [0.2, 0.25) is 5.95 Å². The van der Waals surface area contributed by atoms with Crippen LogP contribution in [-0.4, -0.2) is 30.1 Å². The predicted molar refractivity (Wildman–Crippen MR) is 122 cm³/mol. The van der Waals surface area contributed by atoms with Crippen molar-refractivity contribution in [2.24, 2.45) is 5.92 Å². The third-order valence-electron chi connectivity index (χ3n) is 5.60. The summed E-state index contributed by atoms with van der Waals surface area (Å²) in [6, 6.07) is 20.8. The van der Waals surface area contributed by atoms with Gasteiger partial charge < -0.3 is 15.1 Å². The van der Waals surface area contributed by atoms with Crippen LogP contribution in [0.2, 0.25) is 0 Å². The van der Waals surface area contributed by atoms with Crippen LogP contribution in [0.4, 0.5) is 28.8 Å². The number of benzene rings is 2. The quantitative estimate of drug-likeness (QED) is 0.623. The minimum absolute atomic E-state index is 0.613. The molecule has 2 aromatic carbocycles. The number of anilines is 5. The Kier molecular flexibility index (Phi) is 5.65. The van der Waals surface area contributed by atoms with Crippen molar-refractivity contribution in [1.82, 2.24) is 9.97 Å². The number of nitrogens with zero attached hydrogens (tertiary/aromatic N) is 4. The highest BCUT2D eigenvalue weighted by atomic mass is 15.2. The smallest absolute Gasteiger partial charge is 0.229 e. The number of rotatable bonds is 5. The maximum Gasteiger partial charge on any atom is 0.229 e. The summed E-state index contributed by atoms with van der Waals surface area (Å²) in [5, 5.41) is 3.36. The standard InChI is InChI=1S/C24H29N5/c1-18-13-15-29(16-14-18)22-11-9-20(10-12-22)26-24-25-19(2)17-23(27-24)28(3)21-7-5-4-6-8-21/h4-12,17-18H,13-16H2,1-3H3,(H,25,26,27). The van der Waals surface area contributed by atoms with Crippen LogP contribution in [0.25, 0.3) is 0 Å². The van der Waals surface area contributed by atoms with Crippen molar-refractivity contribution in [3.05, 3.63) is 66.4 Å². The molecule has 0 bridgehead atoms. The Labute approximate surface area is 173 Å². The summed E-state index contributed by atoms with van der Waals surface area (Å²) in [4.78, 5) is 13.8. The van der Waals surface area contributed by atoms with Crippen LogP contribution in [0.5, 0.6) is 0 Å².